The van der Waals surface area contributed by atoms with Gasteiger partial charge in [0.2, 0.25) is 5.13 Å². The van der Waals surface area contributed by atoms with E-state index < -0.39 is 22.0 Å². The number of sulfonamides is 1. The molecule has 1 aliphatic rings. The molecule has 1 atom stereocenters. The van der Waals surface area contributed by atoms with Crippen LogP contribution in [-0.2, 0) is 14.8 Å². The van der Waals surface area contributed by atoms with Gasteiger partial charge in [-0.1, -0.05) is 64.9 Å². The molecular weight excluding hydrogens is 496 g/mol. The fraction of sp³-hybridized carbons (Fsp3) is 0.192. The number of nitrogens with one attached hydrogen (secondary N) is 1. The third-order valence-corrected chi connectivity index (χ3v) is 8.52. The molecule has 2 heterocycles. The van der Waals surface area contributed by atoms with E-state index in [2.05, 4.69) is 15.5 Å². The first-order chi connectivity index (χ1) is 17.2. The SMILES string of the molecule is Cc1ccc(-c2nnc(NC(=O)C3CN(S(=O)(=O)c4ccc(C)cc4)c4ccc(C)cc4O3)s2)cc1. The second-order valence-electron chi connectivity index (χ2n) is 8.69. The lowest BCUT2D eigenvalue weighted by Crippen LogP contribution is -2.48. The van der Waals surface area contributed by atoms with Gasteiger partial charge in [-0.15, -0.1) is 10.2 Å². The monoisotopic (exact) mass is 520 g/mol. The van der Waals surface area contributed by atoms with Gasteiger partial charge in [-0.2, -0.15) is 0 Å². The predicted molar refractivity (Wildman–Crippen MR) is 140 cm³/mol. The molecule has 1 N–H and O–H groups in total. The van der Waals surface area contributed by atoms with Gasteiger partial charge in [0.05, 0.1) is 17.1 Å². The molecule has 1 unspecified atom stereocenters. The first-order valence-electron chi connectivity index (χ1n) is 11.3. The maximum atomic E-state index is 13.6. The molecule has 184 valence electrons. The van der Waals surface area contributed by atoms with Crippen molar-refractivity contribution in [3.8, 4) is 16.3 Å². The summed E-state index contributed by atoms with van der Waals surface area (Å²) >= 11 is 1.24. The Hall–Kier alpha value is -3.76. The van der Waals surface area contributed by atoms with Gasteiger partial charge in [0.25, 0.3) is 15.9 Å². The fourth-order valence-electron chi connectivity index (χ4n) is 3.84. The van der Waals surface area contributed by atoms with E-state index in [-0.39, 0.29) is 11.4 Å². The average Bonchev–Trinajstić information content (AvgIpc) is 3.32. The van der Waals surface area contributed by atoms with Crippen molar-refractivity contribution in [1.29, 1.82) is 0 Å². The van der Waals surface area contributed by atoms with E-state index in [4.69, 9.17) is 4.74 Å². The van der Waals surface area contributed by atoms with Gasteiger partial charge in [0.15, 0.2) is 6.10 Å². The van der Waals surface area contributed by atoms with Crippen LogP contribution >= 0.6 is 11.3 Å². The highest BCUT2D eigenvalue weighted by Gasteiger charge is 2.38. The molecule has 1 aromatic heterocycles. The van der Waals surface area contributed by atoms with Crippen molar-refractivity contribution in [3.05, 3.63) is 83.4 Å². The van der Waals surface area contributed by atoms with Crippen LogP contribution in [0.4, 0.5) is 10.8 Å². The van der Waals surface area contributed by atoms with Crippen molar-refractivity contribution in [1.82, 2.24) is 10.2 Å². The van der Waals surface area contributed by atoms with Crippen molar-refractivity contribution in [3.63, 3.8) is 0 Å². The average molecular weight is 521 g/mol. The maximum Gasteiger partial charge on any atom is 0.269 e. The molecule has 3 aromatic carbocycles. The fourth-order valence-corrected chi connectivity index (χ4v) is 6.06. The summed E-state index contributed by atoms with van der Waals surface area (Å²) < 4.78 is 34.4. The van der Waals surface area contributed by atoms with Crippen molar-refractivity contribution in [2.75, 3.05) is 16.2 Å². The number of nitrogens with zero attached hydrogens (tertiary/aromatic N) is 3. The van der Waals surface area contributed by atoms with Crippen molar-refractivity contribution < 1.29 is 17.9 Å². The molecule has 0 bridgehead atoms. The Kier molecular flexibility index (Phi) is 6.23. The van der Waals surface area contributed by atoms with Crippen LogP contribution in [0.15, 0.2) is 71.6 Å². The zero-order valence-corrected chi connectivity index (χ0v) is 21.6. The molecule has 0 fully saturated rings. The lowest BCUT2D eigenvalue weighted by atomic mass is 10.1. The molecular formula is C26H24N4O4S2. The van der Waals surface area contributed by atoms with Crippen LogP contribution in [0.3, 0.4) is 0 Å². The number of benzene rings is 3. The molecule has 5 rings (SSSR count). The van der Waals surface area contributed by atoms with Gasteiger partial charge in [0, 0.05) is 5.56 Å². The molecule has 0 saturated heterocycles. The third-order valence-electron chi connectivity index (χ3n) is 5.84. The number of aryl methyl sites for hydroxylation is 3. The van der Waals surface area contributed by atoms with E-state index in [0.717, 1.165) is 22.3 Å². The summed E-state index contributed by atoms with van der Waals surface area (Å²) in [5.74, 6) is -0.174. The molecule has 0 radical (unpaired) electrons. The first-order valence-corrected chi connectivity index (χ1v) is 13.5. The highest BCUT2D eigenvalue weighted by Crippen LogP contribution is 2.38. The molecule has 1 aliphatic heterocycles. The lowest BCUT2D eigenvalue weighted by Gasteiger charge is -2.34. The Morgan fingerprint density at radius 2 is 1.58 bits per heavy atom. The van der Waals surface area contributed by atoms with Crippen LogP contribution < -0.4 is 14.4 Å². The Labute approximate surface area is 213 Å². The van der Waals surface area contributed by atoms with E-state index >= 15 is 0 Å². The summed E-state index contributed by atoms with van der Waals surface area (Å²) in [5, 5.41) is 12.0. The number of amides is 1. The van der Waals surface area contributed by atoms with Gasteiger partial charge in [0.1, 0.15) is 10.8 Å². The van der Waals surface area contributed by atoms with Crippen molar-refractivity contribution in [2.45, 2.75) is 31.8 Å². The highest BCUT2D eigenvalue weighted by molar-refractivity contribution is 7.92. The molecule has 1 amide bonds. The predicted octanol–water partition coefficient (Wildman–Crippen LogP) is 4.73. The quantitative estimate of drug-likeness (QED) is 0.408. The van der Waals surface area contributed by atoms with Crippen LogP contribution in [-0.4, -0.2) is 37.2 Å². The summed E-state index contributed by atoms with van der Waals surface area (Å²) in [6, 6.07) is 19.7. The highest BCUT2D eigenvalue weighted by atomic mass is 32.2. The Balaban J connectivity index is 1.42. The van der Waals surface area contributed by atoms with Crippen LogP contribution in [0.2, 0.25) is 0 Å². The minimum Gasteiger partial charge on any atom is -0.476 e. The first kappa shape index (κ1) is 24.0. The largest absolute Gasteiger partial charge is 0.476 e. The van der Waals surface area contributed by atoms with Gasteiger partial charge >= 0.3 is 0 Å². The van der Waals surface area contributed by atoms with Crippen LogP contribution in [0, 0.1) is 20.8 Å². The molecule has 8 nitrogen and oxygen atoms in total. The normalized spacial score (nSPS) is 15.2. The summed E-state index contributed by atoms with van der Waals surface area (Å²) in [6.07, 6.45) is -1.08. The smallest absolute Gasteiger partial charge is 0.269 e. The zero-order chi connectivity index (χ0) is 25.4. The Morgan fingerprint density at radius 3 is 2.28 bits per heavy atom. The third kappa shape index (κ3) is 4.69. The molecule has 10 heteroatoms. The van der Waals surface area contributed by atoms with Gasteiger partial charge in [-0.25, -0.2) is 8.42 Å². The lowest BCUT2D eigenvalue weighted by molar-refractivity contribution is -0.122. The topological polar surface area (TPSA) is 101 Å². The Morgan fingerprint density at radius 1 is 0.944 bits per heavy atom. The molecule has 36 heavy (non-hydrogen) atoms. The van der Waals surface area contributed by atoms with Crippen molar-refractivity contribution in [2.24, 2.45) is 0 Å². The second-order valence-corrected chi connectivity index (χ2v) is 11.5. The van der Waals surface area contributed by atoms with Crippen LogP contribution in [0.25, 0.3) is 10.6 Å². The number of rotatable bonds is 5. The number of hydrogen-bond donors (Lipinski definition) is 1. The van der Waals surface area contributed by atoms with Crippen molar-refractivity contribution >= 4 is 38.1 Å². The minimum absolute atomic E-state index is 0.146. The molecule has 0 spiro atoms. The summed E-state index contributed by atoms with van der Waals surface area (Å²) in [6.45, 7) is 5.59. The molecule has 0 aliphatic carbocycles. The van der Waals surface area contributed by atoms with E-state index in [0.29, 0.717) is 21.6 Å². The number of anilines is 2. The Bertz CT molecular complexity index is 1530. The number of fused-ring (bicyclic) bond motifs is 1. The molecule has 4 aromatic rings. The number of aromatic nitrogens is 2. The minimum atomic E-state index is -3.93. The molecule has 0 saturated carbocycles. The van der Waals surface area contributed by atoms with Crippen LogP contribution in [0.1, 0.15) is 16.7 Å². The van der Waals surface area contributed by atoms with Gasteiger partial charge in [-0.05, 0) is 50.6 Å². The zero-order valence-electron chi connectivity index (χ0n) is 19.9. The number of carbonyl (C=O) groups excluding carboxylic acids is 1. The summed E-state index contributed by atoms with van der Waals surface area (Å²) in [7, 11) is -3.93. The second kappa shape index (κ2) is 9.36. The number of ether oxygens (including phenoxy) is 1. The standard InChI is InChI=1S/C26H24N4O4S2/c1-16-4-9-19(10-5-16)25-28-29-26(35-25)27-24(31)23-15-30(21-13-8-18(3)14-22(21)34-23)36(32,33)20-11-6-17(2)7-12-20/h4-14,23H,15H2,1-3H3,(H,27,29,31). The van der Waals surface area contributed by atoms with Gasteiger partial charge < -0.3 is 4.74 Å². The van der Waals surface area contributed by atoms with Crippen LogP contribution in [0.5, 0.6) is 5.75 Å². The van der Waals surface area contributed by atoms with E-state index in [1.165, 1.54) is 15.6 Å². The maximum absolute atomic E-state index is 13.6. The van der Waals surface area contributed by atoms with E-state index in [9.17, 15) is 13.2 Å². The van der Waals surface area contributed by atoms with E-state index in [1.54, 1.807) is 36.4 Å². The summed E-state index contributed by atoms with van der Waals surface area (Å²) in [4.78, 5) is 13.3. The number of carbonyl (C=O) groups is 1. The summed E-state index contributed by atoms with van der Waals surface area (Å²) in [5.41, 5.74) is 4.25. The number of hydrogen-bond acceptors (Lipinski definition) is 7. The van der Waals surface area contributed by atoms with E-state index in [1.807, 2.05) is 51.1 Å². The van der Waals surface area contributed by atoms with Gasteiger partial charge in [-0.3, -0.25) is 14.4 Å².